The molecule has 0 aliphatic carbocycles. The Kier molecular flexibility index (Phi) is 3.47. The molecule has 0 atom stereocenters. The third kappa shape index (κ3) is 3.14. The van der Waals surface area contributed by atoms with Crippen molar-refractivity contribution >= 4 is 15.9 Å². The van der Waals surface area contributed by atoms with Crippen molar-refractivity contribution in [3.8, 4) is 0 Å². The molecular formula is C10H10BrN3O. The van der Waals surface area contributed by atoms with E-state index >= 15 is 0 Å². The Morgan fingerprint density at radius 3 is 3.00 bits per heavy atom. The SMILES string of the molecule is Brc1cncc(CNCc2ccno2)c1. The quantitative estimate of drug-likeness (QED) is 0.922. The molecule has 0 amide bonds. The summed E-state index contributed by atoms with van der Waals surface area (Å²) >= 11 is 3.37. The monoisotopic (exact) mass is 267 g/mol. The molecule has 0 fully saturated rings. The van der Waals surface area contributed by atoms with E-state index < -0.39 is 0 Å². The largest absolute Gasteiger partial charge is 0.360 e. The van der Waals surface area contributed by atoms with Crippen molar-refractivity contribution in [3.05, 3.63) is 46.5 Å². The van der Waals surface area contributed by atoms with Crippen LogP contribution in [0.15, 0.2) is 39.7 Å². The van der Waals surface area contributed by atoms with Gasteiger partial charge in [0, 0.05) is 29.5 Å². The number of pyridine rings is 1. The summed E-state index contributed by atoms with van der Waals surface area (Å²) in [7, 11) is 0. The van der Waals surface area contributed by atoms with Gasteiger partial charge in [-0.15, -0.1) is 0 Å². The minimum absolute atomic E-state index is 0.673. The average Bonchev–Trinajstić information content (AvgIpc) is 2.71. The summed E-state index contributed by atoms with van der Waals surface area (Å²) in [5.41, 5.74) is 1.13. The minimum atomic E-state index is 0.673. The third-order valence-corrected chi connectivity index (χ3v) is 2.31. The van der Waals surface area contributed by atoms with Crippen LogP contribution in [0.2, 0.25) is 0 Å². The third-order valence-electron chi connectivity index (χ3n) is 1.88. The molecule has 5 heteroatoms. The summed E-state index contributed by atoms with van der Waals surface area (Å²) in [5.74, 6) is 0.831. The van der Waals surface area contributed by atoms with Crippen LogP contribution in [0.5, 0.6) is 0 Å². The fourth-order valence-corrected chi connectivity index (χ4v) is 1.63. The standard InChI is InChI=1S/C10H10BrN3O/c11-9-3-8(4-12-6-9)5-13-7-10-1-2-14-15-10/h1-4,6,13H,5,7H2. The zero-order valence-electron chi connectivity index (χ0n) is 7.98. The first-order valence-electron chi connectivity index (χ1n) is 4.54. The van der Waals surface area contributed by atoms with Crippen molar-refractivity contribution in [2.45, 2.75) is 13.1 Å². The Hall–Kier alpha value is -1.20. The predicted octanol–water partition coefficient (Wildman–Crippen LogP) is 2.12. The van der Waals surface area contributed by atoms with Crippen LogP contribution >= 0.6 is 15.9 Å². The van der Waals surface area contributed by atoms with Crippen LogP contribution in [-0.2, 0) is 13.1 Å². The second-order valence-electron chi connectivity index (χ2n) is 3.09. The molecule has 1 N–H and O–H groups in total. The molecule has 2 heterocycles. The van der Waals surface area contributed by atoms with Crippen molar-refractivity contribution in [2.24, 2.45) is 0 Å². The van der Waals surface area contributed by atoms with E-state index in [0.717, 1.165) is 22.3 Å². The van der Waals surface area contributed by atoms with Crippen LogP contribution in [0.3, 0.4) is 0 Å². The van der Waals surface area contributed by atoms with Gasteiger partial charge in [-0.2, -0.15) is 0 Å². The topological polar surface area (TPSA) is 51.0 Å². The molecule has 2 rings (SSSR count). The van der Waals surface area contributed by atoms with E-state index in [1.807, 2.05) is 18.3 Å². The molecule has 0 bridgehead atoms. The summed E-state index contributed by atoms with van der Waals surface area (Å²) in [6.45, 7) is 1.43. The molecule has 0 aliphatic heterocycles. The van der Waals surface area contributed by atoms with Gasteiger partial charge in [0.25, 0.3) is 0 Å². The van der Waals surface area contributed by atoms with Crippen LogP contribution in [0.1, 0.15) is 11.3 Å². The van der Waals surface area contributed by atoms with Gasteiger partial charge in [-0.3, -0.25) is 4.98 Å². The van der Waals surface area contributed by atoms with Crippen LogP contribution in [-0.4, -0.2) is 10.1 Å². The Labute approximate surface area is 95.8 Å². The van der Waals surface area contributed by atoms with E-state index in [2.05, 4.69) is 31.4 Å². The zero-order valence-corrected chi connectivity index (χ0v) is 9.57. The number of aromatic nitrogens is 2. The van der Waals surface area contributed by atoms with Crippen LogP contribution < -0.4 is 5.32 Å². The summed E-state index contributed by atoms with van der Waals surface area (Å²) in [6.07, 6.45) is 5.23. The first-order chi connectivity index (χ1) is 7.34. The molecule has 0 radical (unpaired) electrons. The Balaban J connectivity index is 1.83. The fourth-order valence-electron chi connectivity index (χ4n) is 1.22. The van der Waals surface area contributed by atoms with Crippen LogP contribution in [0.4, 0.5) is 0 Å². The van der Waals surface area contributed by atoms with Gasteiger partial charge in [0.1, 0.15) is 5.76 Å². The Bertz CT molecular complexity index is 416. The van der Waals surface area contributed by atoms with E-state index in [0.29, 0.717) is 6.54 Å². The van der Waals surface area contributed by atoms with E-state index in [9.17, 15) is 0 Å². The van der Waals surface area contributed by atoms with Gasteiger partial charge in [0.15, 0.2) is 0 Å². The molecule has 2 aromatic rings. The summed E-state index contributed by atoms with van der Waals surface area (Å²) in [5, 5.41) is 6.86. The summed E-state index contributed by atoms with van der Waals surface area (Å²) in [6, 6.07) is 3.87. The number of hydrogen-bond acceptors (Lipinski definition) is 4. The normalized spacial score (nSPS) is 10.5. The number of nitrogens with one attached hydrogen (secondary N) is 1. The Morgan fingerprint density at radius 2 is 2.27 bits per heavy atom. The molecule has 2 aromatic heterocycles. The van der Waals surface area contributed by atoms with Crippen molar-refractivity contribution in [1.82, 2.24) is 15.5 Å². The fraction of sp³-hybridized carbons (Fsp3) is 0.200. The van der Waals surface area contributed by atoms with E-state index in [-0.39, 0.29) is 0 Å². The molecule has 0 aliphatic rings. The van der Waals surface area contributed by atoms with Gasteiger partial charge < -0.3 is 9.84 Å². The molecule has 0 saturated heterocycles. The molecule has 0 saturated carbocycles. The lowest BCUT2D eigenvalue weighted by atomic mass is 10.3. The molecule has 0 spiro atoms. The lowest BCUT2D eigenvalue weighted by Gasteiger charge is -2.02. The van der Waals surface area contributed by atoms with Crippen LogP contribution in [0.25, 0.3) is 0 Å². The summed E-state index contributed by atoms with van der Waals surface area (Å²) < 4.78 is 5.95. The molecule has 0 unspecified atom stereocenters. The highest BCUT2D eigenvalue weighted by Gasteiger charge is 1.97. The van der Waals surface area contributed by atoms with E-state index in [4.69, 9.17) is 4.52 Å². The van der Waals surface area contributed by atoms with Gasteiger partial charge in [0.05, 0.1) is 12.7 Å². The first kappa shape index (κ1) is 10.3. The lowest BCUT2D eigenvalue weighted by molar-refractivity contribution is 0.372. The highest BCUT2D eigenvalue weighted by molar-refractivity contribution is 9.10. The van der Waals surface area contributed by atoms with Gasteiger partial charge in [-0.05, 0) is 27.6 Å². The maximum Gasteiger partial charge on any atom is 0.150 e. The number of hydrogen-bond donors (Lipinski definition) is 1. The second kappa shape index (κ2) is 5.04. The van der Waals surface area contributed by atoms with E-state index in [1.165, 1.54) is 0 Å². The molecule has 78 valence electrons. The van der Waals surface area contributed by atoms with E-state index in [1.54, 1.807) is 12.4 Å². The van der Waals surface area contributed by atoms with Gasteiger partial charge in [-0.1, -0.05) is 5.16 Å². The lowest BCUT2D eigenvalue weighted by Crippen LogP contribution is -2.12. The van der Waals surface area contributed by atoms with Crippen molar-refractivity contribution in [1.29, 1.82) is 0 Å². The van der Waals surface area contributed by atoms with Gasteiger partial charge in [0.2, 0.25) is 0 Å². The highest BCUT2D eigenvalue weighted by Crippen LogP contribution is 2.09. The van der Waals surface area contributed by atoms with Gasteiger partial charge >= 0.3 is 0 Å². The molecule has 0 aromatic carbocycles. The summed E-state index contributed by atoms with van der Waals surface area (Å²) in [4.78, 5) is 4.08. The average molecular weight is 268 g/mol. The van der Waals surface area contributed by atoms with Crippen molar-refractivity contribution < 1.29 is 4.52 Å². The highest BCUT2D eigenvalue weighted by atomic mass is 79.9. The number of nitrogens with zero attached hydrogens (tertiary/aromatic N) is 2. The smallest absolute Gasteiger partial charge is 0.150 e. The van der Waals surface area contributed by atoms with Crippen molar-refractivity contribution in [3.63, 3.8) is 0 Å². The van der Waals surface area contributed by atoms with Crippen molar-refractivity contribution in [2.75, 3.05) is 0 Å². The predicted molar refractivity (Wildman–Crippen MR) is 59.0 cm³/mol. The molecule has 4 nitrogen and oxygen atoms in total. The number of halogens is 1. The maximum atomic E-state index is 4.96. The van der Waals surface area contributed by atoms with Crippen LogP contribution in [0, 0.1) is 0 Å². The minimum Gasteiger partial charge on any atom is -0.360 e. The second-order valence-corrected chi connectivity index (χ2v) is 4.01. The van der Waals surface area contributed by atoms with Gasteiger partial charge in [-0.25, -0.2) is 0 Å². The zero-order chi connectivity index (χ0) is 10.5. The molecule has 15 heavy (non-hydrogen) atoms. The maximum absolute atomic E-state index is 4.96. The molecular weight excluding hydrogens is 258 g/mol. The Morgan fingerprint density at radius 1 is 1.33 bits per heavy atom. The number of rotatable bonds is 4. The first-order valence-corrected chi connectivity index (χ1v) is 5.33.